The third kappa shape index (κ3) is 4.18. The maximum atomic E-state index is 12.4. The maximum absolute atomic E-state index is 12.4. The molecule has 0 atom stereocenters. The van der Waals surface area contributed by atoms with Gasteiger partial charge in [-0.1, -0.05) is 11.6 Å². The van der Waals surface area contributed by atoms with Crippen LogP contribution in [-0.2, 0) is 6.54 Å². The number of halogens is 1. The molecule has 0 fully saturated rings. The van der Waals surface area contributed by atoms with Crippen LogP contribution >= 0.6 is 11.6 Å². The number of hydrogen-bond acceptors (Lipinski definition) is 4. The second-order valence-electron chi connectivity index (χ2n) is 5.60. The molecule has 0 radical (unpaired) electrons. The van der Waals surface area contributed by atoms with E-state index in [-0.39, 0.29) is 17.9 Å². The van der Waals surface area contributed by atoms with E-state index in [0.717, 1.165) is 11.3 Å². The van der Waals surface area contributed by atoms with Crippen molar-refractivity contribution in [1.82, 2.24) is 9.78 Å². The molecule has 26 heavy (non-hydrogen) atoms. The quantitative estimate of drug-likeness (QED) is 0.620. The van der Waals surface area contributed by atoms with Gasteiger partial charge in [0, 0.05) is 22.2 Å². The molecule has 0 aliphatic rings. The average Bonchev–Trinajstić information content (AvgIpc) is 2.65. The van der Waals surface area contributed by atoms with Gasteiger partial charge in [-0.25, -0.2) is 4.68 Å². The Labute approximate surface area is 155 Å². The molecule has 0 amide bonds. The molecule has 0 aliphatic heterocycles. The van der Waals surface area contributed by atoms with Crippen LogP contribution in [0.4, 0.5) is 0 Å². The molecule has 0 unspecified atom stereocenters. The third-order valence-corrected chi connectivity index (χ3v) is 4.04. The topological polar surface area (TPSA) is 61.2 Å². The number of Topliss-reactive ketones (excluding diaryl/α,β-unsaturated/α-hetero) is 1. The first kappa shape index (κ1) is 17.9. The lowest BCUT2D eigenvalue weighted by Gasteiger charge is -2.08. The van der Waals surface area contributed by atoms with E-state index in [1.54, 1.807) is 30.3 Å². The van der Waals surface area contributed by atoms with Crippen molar-refractivity contribution in [2.75, 3.05) is 6.61 Å². The molecule has 1 aromatic heterocycles. The summed E-state index contributed by atoms with van der Waals surface area (Å²) in [6, 6.07) is 17.0. The van der Waals surface area contributed by atoms with Crippen LogP contribution in [-0.4, -0.2) is 22.2 Å². The maximum Gasteiger partial charge on any atom is 0.267 e. The molecule has 0 saturated carbocycles. The molecule has 0 N–H and O–H groups in total. The number of rotatable bonds is 6. The molecule has 5 nitrogen and oxygen atoms in total. The van der Waals surface area contributed by atoms with E-state index < -0.39 is 0 Å². The van der Waals surface area contributed by atoms with Crippen LogP contribution in [0.25, 0.3) is 11.3 Å². The Bertz CT molecular complexity index is 964. The SMILES string of the molecule is CCOc1ccc(-c2ccc(=O)n(CC(=O)c3ccc(Cl)cc3)n2)cc1. The molecule has 2 aromatic carbocycles. The molecular formula is C20H17ClN2O3. The largest absolute Gasteiger partial charge is 0.494 e. The van der Waals surface area contributed by atoms with Gasteiger partial charge in [-0.2, -0.15) is 5.10 Å². The zero-order valence-electron chi connectivity index (χ0n) is 14.2. The molecule has 3 rings (SSSR count). The van der Waals surface area contributed by atoms with Crippen LogP contribution in [0, 0.1) is 0 Å². The van der Waals surface area contributed by atoms with Crippen LogP contribution < -0.4 is 10.3 Å². The highest BCUT2D eigenvalue weighted by Crippen LogP contribution is 2.20. The van der Waals surface area contributed by atoms with Crippen molar-refractivity contribution in [1.29, 1.82) is 0 Å². The highest BCUT2D eigenvalue weighted by atomic mass is 35.5. The van der Waals surface area contributed by atoms with Crippen molar-refractivity contribution in [3.63, 3.8) is 0 Å². The van der Waals surface area contributed by atoms with Crippen molar-refractivity contribution in [2.24, 2.45) is 0 Å². The van der Waals surface area contributed by atoms with E-state index in [1.165, 1.54) is 10.7 Å². The van der Waals surface area contributed by atoms with E-state index in [2.05, 4.69) is 5.10 Å². The van der Waals surface area contributed by atoms with Gasteiger partial charge in [-0.15, -0.1) is 0 Å². The van der Waals surface area contributed by atoms with Gasteiger partial charge in [0.15, 0.2) is 5.78 Å². The summed E-state index contributed by atoms with van der Waals surface area (Å²) in [5.41, 5.74) is 1.59. The highest BCUT2D eigenvalue weighted by Gasteiger charge is 2.10. The van der Waals surface area contributed by atoms with Gasteiger partial charge in [0.2, 0.25) is 0 Å². The van der Waals surface area contributed by atoms with Gasteiger partial charge >= 0.3 is 0 Å². The van der Waals surface area contributed by atoms with Gasteiger partial charge in [0.1, 0.15) is 12.3 Å². The second kappa shape index (κ2) is 7.97. The van der Waals surface area contributed by atoms with Crippen molar-refractivity contribution in [2.45, 2.75) is 13.5 Å². The van der Waals surface area contributed by atoms with Crippen LogP contribution in [0.15, 0.2) is 65.5 Å². The Balaban J connectivity index is 1.84. The van der Waals surface area contributed by atoms with Crippen molar-refractivity contribution in [3.8, 4) is 17.0 Å². The summed E-state index contributed by atoms with van der Waals surface area (Å²) in [5.74, 6) is 0.558. The van der Waals surface area contributed by atoms with Crippen LogP contribution in [0.1, 0.15) is 17.3 Å². The van der Waals surface area contributed by atoms with Crippen LogP contribution in [0.3, 0.4) is 0 Å². The standard InChI is InChI=1S/C20H17ClN2O3/c1-2-26-17-9-5-14(6-10-17)18-11-12-20(25)23(22-18)13-19(24)15-3-7-16(21)8-4-15/h3-12H,2,13H2,1H3. The van der Waals surface area contributed by atoms with E-state index >= 15 is 0 Å². The molecule has 0 saturated heterocycles. The Morgan fingerprint density at radius 1 is 1.04 bits per heavy atom. The highest BCUT2D eigenvalue weighted by molar-refractivity contribution is 6.30. The van der Waals surface area contributed by atoms with Crippen molar-refractivity contribution >= 4 is 17.4 Å². The van der Waals surface area contributed by atoms with Gasteiger partial charge in [-0.05, 0) is 61.5 Å². The zero-order valence-corrected chi connectivity index (χ0v) is 14.9. The number of ether oxygens (including phenoxy) is 1. The lowest BCUT2D eigenvalue weighted by atomic mass is 10.1. The minimum Gasteiger partial charge on any atom is -0.494 e. The van der Waals surface area contributed by atoms with Crippen molar-refractivity contribution in [3.05, 3.63) is 81.6 Å². The number of nitrogens with zero attached hydrogens (tertiary/aromatic N) is 2. The fourth-order valence-corrected chi connectivity index (χ4v) is 2.59. The molecule has 3 aromatic rings. The van der Waals surface area contributed by atoms with Crippen LogP contribution in [0.5, 0.6) is 5.75 Å². The molecule has 1 heterocycles. The smallest absolute Gasteiger partial charge is 0.267 e. The lowest BCUT2D eigenvalue weighted by molar-refractivity contribution is 0.0966. The van der Waals surface area contributed by atoms with Crippen molar-refractivity contribution < 1.29 is 9.53 Å². The summed E-state index contributed by atoms with van der Waals surface area (Å²) in [5, 5.41) is 4.87. The molecule has 0 aliphatic carbocycles. The summed E-state index contributed by atoms with van der Waals surface area (Å²) < 4.78 is 6.59. The summed E-state index contributed by atoms with van der Waals surface area (Å²) in [7, 11) is 0. The monoisotopic (exact) mass is 368 g/mol. The van der Waals surface area contributed by atoms with Gasteiger partial charge in [-0.3, -0.25) is 9.59 Å². The number of benzene rings is 2. The predicted molar refractivity (Wildman–Crippen MR) is 101 cm³/mol. The number of carbonyl (C=O) groups excluding carboxylic acids is 1. The van der Waals surface area contributed by atoms with Gasteiger partial charge in [0.25, 0.3) is 5.56 Å². The zero-order chi connectivity index (χ0) is 18.5. The fourth-order valence-electron chi connectivity index (χ4n) is 2.47. The number of hydrogen-bond donors (Lipinski definition) is 0. The van der Waals surface area contributed by atoms with E-state index in [4.69, 9.17) is 16.3 Å². The first-order chi connectivity index (χ1) is 12.6. The van der Waals surface area contributed by atoms with E-state index in [1.807, 2.05) is 31.2 Å². The summed E-state index contributed by atoms with van der Waals surface area (Å²) in [6.45, 7) is 2.38. The Morgan fingerprint density at radius 3 is 2.38 bits per heavy atom. The predicted octanol–water partition coefficient (Wildman–Crippen LogP) is 3.85. The second-order valence-corrected chi connectivity index (χ2v) is 6.04. The van der Waals surface area contributed by atoms with Gasteiger partial charge in [0.05, 0.1) is 12.3 Å². The summed E-state index contributed by atoms with van der Waals surface area (Å²) in [6.07, 6.45) is 0. The molecule has 0 spiro atoms. The summed E-state index contributed by atoms with van der Waals surface area (Å²) in [4.78, 5) is 24.5. The third-order valence-electron chi connectivity index (χ3n) is 3.79. The minimum absolute atomic E-state index is 0.134. The normalized spacial score (nSPS) is 10.5. The van der Waals surface area contributed by atoms with E-state index in [9.17, 15) is 9.59 Å². The first-order valence-corrected chi connectivity index (χ1v) is 8.55. The lowest BCUT2D eigenvalue weighted by Crippen LogP contribution is -2.26. The number of carbonyl (C=O) groups is 1. The van der Waals surface area contributed by atoms with E-state index in [0.29, 0.717) is 22.9 Å². The molecule has 0 bridgehead atoms. The Morgan fingerprint density at radius 2 is 1.73 bits per heavy atom. The minimum atomic E-state index is -0.331. The first-order valence-electron chi connectivity index (χ1n) is 8.17. The Kier molecular flexibility index (Phi) is 5.49. The molecule has 132 valence electrons. The molecule has 6 heteroatoms. The van der Waals surface area contributed by atoms with Crippen LogP contribution in [0.2, 0.25) is 5.02 Å². The Hall–Kier alpha value is -2.92. The number of ketones is 1. The molecular weight excluding hydrogens is 352 g/mol. The average molecular weight is 369 g/mol. The van der Waals surface area contributed by atoms with Gasteiger partial charge < -0.3 is 4.74 Å². The summed E-state index contributed by atoms with van der Waals surface area (Å²) >= 11 is 5.83. The fraction of sp³-hybridized carbons (Fsp3) is 0.150. The number of aromatic nitrogens is 2.